The highest BCUT2D eigenvalue weighted by Gasteiger charge is 2.66. The van der Waals surface area contributed by atoms with E-state index in [-0.39, 0.29) is 12.8 Å². The number of rotatable bonds is 3. The fraction of sp³-hybridized carbons (Fsp3) is 0.333. The van der Waals surface area contributed by atoms with Crippen molar-refractivity contribution < 1.29 is 45.0 Å². The largest absolute Gasteiger partial charge is 0.474 e. The molecule has 1 aliphatic heterocycles. The van der Waals surface area contributed by atoms with E-state index >= 15 is 0 Å². The van der Waals surface area contributed by atoms with Crippen molar-refractivity contribution in [3.05, 3.63) is 65.6 Å². The van der Waals surface area contributed by atoms with E-state index in [1.807, 2.05) is 0 Å². The summed E-state index contributed by atoms with van der Waals surface area (Å²) in [6.07, 6.45) is -9.34. The van der Waals surface area contributed by atoms with Gasteiger partial charge in [0.25, 0.3) is 11.8 Å². The molecule has 2 aromatic heterocycles. The Bertz CT molecular complexity index is 1340. The van der Waals surface area contributed by atoms with E-state index in [1.165, 1.54) is 19.1 Å². The summed E-state index contributed by atoms with van der Waals surface area (Å²) in [6, 6.07) is 8.26. The average molecular weight is 542 g/mol. The number of alkyl halides is 6. The summed E-state index contributed by atoms with van der Waals surface area (Å²) in [5.41, 5.74) is -0.132. The van der Waals surface area contributed by atoms with Crippen LogP contribution < -0.4 is 10.5 Å². The molecular weight excluding hydrogens is 522 g/mol. The number of nitrogen functional groups attached to an aromatic ring is 1. The quantitative estimate of drug-likeness (QED) is 0.438. The number of ether oxygens (including phenoxy) is 2. The molecule has 0 spiro atoms. The second-order valence-electron chi connectivity index (χ2n) is 8.41. The Morgan fingerprint density at radius 3 is 2.50 bits per heavy atom. The summed E-state index contributed by atoms with van der Waals surface area (Å²) in [5.74, 6) is -4.47. The normalized spacial score (nSPS) is 21.4. The Morgan fingerprint density at radius 1 is 1.13 bits per heavy atom. The van der Waals surface area contributed by atoms with Gasteiger partial charge in [0.2, 0.25) is 11.7 Å². The van der Waals surface area contributed by atoms with Crippen LogP contribution in [-0.4, -0.2) is 33.2 Å². The van der Waals surface area contributed by atoms with Crippen LogP contribution in [0.25, 0.3) is 11.6 Å². The van der Waals surface area contributed by atoms with Crippen LogP contribution in [0.4, 0.5) is 32.0 Å². The summed E-state index contributed by atoms with van der Waals surface area (Å²) < 4.78 is 101. The lowest BCUT2D eigenvalue weighted by molar-refractivity contribution is -0.280. The molecule has 0 fully saturated rings. The van der Waals surface area contributed by atoms with Gasteiger partial charge in [-0.1, -0.05) is 36.4 Å². The number of nitrogens with two attached hydrogens (primary N) is 1. The number of ketones is 1. The maximum atomic E-state index is 14.6. The van der Waals surface area contributed by atoms with Gasteiger partial charge in [-0.2, -0.15) is 26.3 Å². The average Bonchev–Trinajstić information content (AvgIpc) is 3.32. The molecule has 8 nitrogen and oxygen atoms in total. The van der Waals surface area contributed by atoms with Crippen LogP contribution in [0.5, 0.6) is 5.88 Å². The molecule has 0 saturated heterocycles. The van der Waals surface area contributed by atoms with E-state index in [0.29, 0.717) is 17.7 Å². The molecule has 0 aliphatic carbocycles. The summed E-state index contributed by atoms with van der Waals surface area (Å²) in [4.78, 5) is 16.9. The molecule has 0 radical (unpaired) electrons. The number of carbonyl (C=O) groups is 1. The fourth-order valence-electron chi connectivity index (χ4n) is 3.67. The van der Waals surface area contributed by atoms with Gasteiger partial charge in [-0.3, -0.25) is 4.79 Å². The molecule has 4 bridgehead atoms. The number of anilines is 1. The highest BCUT2D eigenvalue weighted by Crippen LogP contribution is 2.45. The Morgan fingerprint density at radius 2 is 1.84 bits per heavy atom. The molecule has 1 unspecified atom stereocenters. The van der Waals surface area contributed by atoms with Crippen LogP contribution in [0.1, 0.15) is 36.8 Å². The summed E-state index contributed by atoms with van der Waals surface area (Å²) in [7, 11) is 0. The van der Waals surface area contributed by atoms with Gasteiger partial charge in [-0.05, 0) is 37.5 Å². The third kappa shape index (κ3) is 5.21. The van der Waals surface area contributed by atoms with E-state index in [0.717, 1.165) is 6.08 Å². The Kier molecular flexibility index (Phi) is 7.19. The van der Waals surface area contributed by atoms with Crippen molar-refractivity contribution in [2.45, 2.75) is 50.4 Å². The zero-order valence-electron chi connectivity index (χ0n) is 19.6. The van der Waals surface area contributed by atoms with Crippen molar-refractivity contribution in [1.29, 1.82) is 0 Å². The van der Waals surface area contributed by atoms with E-state index in [9.17, 15) is 31.1 Å². The summed E-state index contributed by atoms with van der Waals surface area (Å²) in [5, 5.41) is 6.90. The van der Waals surface area contributed by atoms with Gasteiger partial charge in [0.15, 0.2) is 5.69 Å². The van der Waals surface area contributed by atoms with Gasteiger partial charge in [0.1, 0.15) is 5.56 Å². The first-order chi connectivity index (χ1) is 17.8. The van der Waals surface area contributed by atoms with Gasteiger partial charge in [0, 0.05) is 0 Å². The van der Waals surface area contributed by atoms with E-state index in [1.54, 1.807) is 18.2 Å². The minimum absolute atomic E-state index is 0.0161. The maximum Gasteiger partial charge on any atom is 0.434 e. The molecule has 3 aromatic rings. The lowest BCUT2D eigenvalue weighted by Crippen LogP contribution is -2.51. The lowest BCUT2D eigenvalue weighted by Gasteiger charge is -2.30. The molecule has 3 heterocycles. The first-order valence-corrected chi connectivity index (χ1v) is 11.2. The maximum absolute atomic E-state index is 14.6. The van der Waals surface area contributed by atoms with Crippen LogP contribution in [0.3, 0.4) is 0 Å². The predicted octanol–water partition coefficient (Wildman–Crippen LogP) is 5.39. The lowest BCUT2D eigenvalue weighted by atomic mass is 9.95. The van der Waals surface area contributed by atoms with Crippen molar-refractivity contribution in [3.8, 4) is 17.5 Å². The zero-order chi connectivity index (χ0) is 27.7. The molecule has 202 valence electrons. The van der Waals surface area contributed by atoms with Crippen molar-refractivity contribution >= 4 is 11.5 Å². The number of hydrogen-bond acceptors (Lipinski definition) is 8. The van der Waals surface area contributed by atoms with E-state index in [4.69, 9.17) is 19.6 Å². The number of halogens is 6. The first kappa shape index (κ1) is 27.1. The van der Waals surface area contributed by atoms with Gasteiger partial charge in [0.05, 0.1) is 18.4 Å². The zero-order valence-corrected chi connectivity index (χ0v) is 19.6. The molecule has 0 amide bonds. The molecule has 1 aliphatic rings. The third-order valence-corrected chi connectivity index (χ3v) is 5.62. The summed E-state index contributed by atoms with van der Waals surface area (Å²) in [6.45, 7) is 0.778. The molecule has 1 aromatic carbocycles. The molecule has 38 heavy (non-hydrogen) atoms. The minimum atomic E-state index is -5.38. The molecule has 2 N–H and O–H groups in total. The standard InChI is InChI=1S/C24H20F6N4O4/c1-13-7-5-6-10-17(35)22(24(28,29)30,36-12-14-8-3-2-4-9-14)21-34-33-20(38-21)18-16(31)11-15(23(25,26)27)19(32-18)37-13/h2-4,6,8-11,13H,5,7,12,31H2,1H3/b10-6+/t13-,22?/m1/s1. The van der Waals surface area contributed by atoms with E-state index in [2.05, 4.69) is 15.2 Å². The Labute approximate surface area is 211 Å². The fourth-order valence-corrected chi connectivity index (χ4v) is 3.67. The third-order valence-electron chi connectivity index (χ3n) is 5.62. The molecule has 4 rings (SSSR count). The predicted molar refractivity (Wildman–Crippen MR) is 119 cm³/mol. The van der Waals surface area contributed by atoms with Crippen molar-refractivity contribution in [1.82, 2.24) is 15.2 Å². The van der Waals surface area contributed by atoms with Crippen LogP contribution in [0.2, 0.25) is 0 Å². The molecule has 14 heteroatoms. The second kappa shape index (κ2) is 10.1. The van der Waals surface area contributed by atoms with Crippen LogP contribution >= 0.6 is 0 Å². The monoisotopic (exact) mass is 542 g/mol. The van der Waals surface area contributed by atoms with Crippen LogP contribution in [0.15, 0.2) is 53.0 Å². The number of fused-ring (bicyclic) bond motifs is 5. The number of carbonyl (C=O) groups excluding carboxylic acids is 1. The number of benzene rings is 1. The van der Waals surface area contributed by atoms with Gasteiger partial charge in [-0.15, -0.1) is 10.2 Å². The van der Waals surface area contributed by atoms with E-state index < -0.39 is 71.1 Å². The van der Waals surface area contributed by atoms with Crippen molar-refractivity contribution in [2.75, 3.05) is 5.73 Å². The topological polar surface area (TPSA) is 113 Å². The van der Waals surface area contributed by atoms with Gasteiger partial charge >= 0.3 is 18.0 Å². The van der Waals surface area contributed by atoms with Crippen molar-refractivity contribution in [2.24, 2.45) is 0 Å². The van der Waals surface area contributed by atoms with Crippen molar-refractivity contribution in [3.63, 3.8) is 0 Å². The number of nitrogens with zero attached hydrogens (tertiary/aromatic N) is 3. The minimum Gasteiger partial charge on any atom is -0.474 e. The molecule has 0 saturated carbocycles. The van der Waals surface area contributed by atoms with Crippen LogP contribution in [-0.2, 0) is 27.9 Å². The van der Waals surface area contributed by atoms with Crippen LogP contribution in [0, 0.1) is 0 Å². The number of aromatic nitrogens is 3. The highest BCUT2D eigenvalue weighted by atomic mass is 19.4. The second-order valence-corrected chi connectivity index (χ2v) is 8.41. The number of allylic oxidation sites excluding steroid dienone is 1. The SMILES string of the molecule is C[C@@H]1CC/C=C/C(=O)C(OCc2ccccc2)(C(F)(F)F)c2nnc(o2)-c2nc(c(C(F)(F)F)cc2N)O1. The molecule has 2 atom stereocenters. The van der Waals surface area contributed by atoms with Gasteiger partial charge in [-0.25, -0.2) is 4.98 Å². The number of pyridine rings is 1. The summed E-state index contributed by atoms with van der Waals surface area (Å²) >= 11 is 0. The highest BCUT2D eigenvalue weighted by molar-refractivity contribution is 5.98. The smallest absolute Gasteiger partial charge is 0.434 e. The first-order valence-electron chi connectivity index (χ1n) is 11.2. The Hall–Kier alpha value is -3.94. The Balaban J connectivity index is 1.91. The molecular formula is C24H20F6N4O4. The van der Waals surface area contributed by atoms with Gasteiger partial charge < -0.3 is 19.6 Å². The number of hydrogen-bond donors (Lipinski definition) is 1.